The largest absolute Gasteiger partial charge is 0.390 e. The number of aryl methyl sites for hydroxylation is 1. The molecule has 10 heteroatoms. The normalized spacial score (nSPS) is 34.6. The lowest BCUT2D eigenvalue weighted by Crippen LogP contribution is -2.34. The molecule has 2 aliphatic rings. The molecule has 0 spiro atoms. The van der Waals surface area contributed by atoms with E-state index in [-0.39, 0.29) is 12.0 Å². The van der Waals surface area contributed by atoms with Crippen LogP contribution >= 0.6 is 7.37 Å². The predicted octanol–water partition coefficient (Wildman–Crippen LogP) is 1.33. The number of nitrogens with two attached hydrogens (primary N) is 1. The Morgan fingerprint density at radius 1 is 1.44 bits per heavy atom. The van der Waals surface area contributed by atoms with Crippen LogP contribution in [0.15, 0.2) is 6.33 Å². The second-order valence-electron chi connectivity index (χ2n) is 7.86. The van der Waals surface area contributed by atoms with E-state index < -0.39 is 25.0 Å². The molecule has 0 bridgehead atoms. The van der Waals surface area contributed by atoms with E-state index in [0.717, 1.165) is 6.42 Å². The fraction of sp³-hybridized carbons (Fsp3) is 0.706. The van der Waals surface area contributed by atoms with Gasteiger partial charge >= 0.3 is 0 Å². The molecule has 0 saturated heterocycles. The fourth-order valence-corrected chi connectivity index (χ4v) is 6.23. The lowest BCUT2D eigenvalue weighted by atomic mass is 9.96. The van der Waals surface area contributed by atoms with Gasteiger partial charge in [0.25, 0.3) is 0 Å². The Balaban J connectivity index is 1.63. The highest BCUT2D eigenvalue weighted by atomic mass is 31.2. The summed E-state index contributed by atoms with van der Waals surface area (Å²) in [7, 11) is -2.69. The highest BCUT2D eigenvalue weighted by molar-refractivity contribution is 7.58. The maximum Gasteiger partial charge on any atom is 0.200 e. The van der Waals surface area contributed by atoms with Crippen molar-refractivity contribution in [1.82, 2.24) is 19.5 Å². The molecular weight excluding hydrogens is 369 g/mol. The minimum atomic E-state index is -2.69. The molecule has 1 unspecified atom stereocenters. The van der Waals surface area contributed by atoms with Crippen LogP contribution < -0.4 is 5.73 Å². The van der Waals surface area contributed by atoms with Crippen LogP contribution in [0.1, 0.15) is 31.6 Å². The number of hydrogen-bond donors (Lipinski definition) is 3. The molecule has 2 fully saturated rings. The van der Waals surface area contributed by atoms with Gasteiger partial charge in [-0.15, -0.1) is 0 Å². The Labute approximate surface area is 157 Å². The monoisotopic (exact) mass is 395 g/mol. The number of imidazole rings is 1. The van der Waals surface area contributed by atoms with E-state index in [9.17, 15) is 14.8 Å². The number of aliphatic hydroxyl groups excluding tert-OH is 2. The first-order chi connectivity index (χ1) is 12.7. The summed E-state index contributed by atoms with van der Waals surface area (Å²) in [6.45, 7) is 5.60. The standard InChI is InChI=1S/C17H26N5O4P/c1-4-26-27(3,25)6-5-17-7-10(17)12(13(23)14(17)24)22-8-19-11-15(18)20-9(2)21-16(11)22/h8,10,12-14,23-24H,4-7H2,1-3H3,(H2,18,20,21)/t10-,12-,13+,14+,17-,27?/m1/s1. The molecule has 0 amide bonds. The van der Waals surface area contributed by atoms with Crippen molar-refractivity contribution in [2.24, 2.45) is 11.3 Å². The summed E-state index contributed by atoms with van der Waals surface area (Å²) in [6.07, 6.45) is 1.50. The first-order valence-electron chi connectivity index (χ1n) is 9.24. The Bertz CT molecular complexity index is 933. The summed E-state index contributed by atoms with van der Waals surface area (Å²) in [6, 6.07) is -0.345. The number of rotatable bonds is 6. The Morgan fingerprint density at radius 2 is 2.19 bits per heavy atom. The summed E-state index contributed by atoms with van der Waals surface area (Å²) >= 11 is 0. The molecule has 2 saturated carbocycles. The average Bonchev–Trinajstić information content (AvgIpc) is 3.09. The van der Waals surface area contributed by atoms with E-state index in [1.807, 2.05) is 11.5 Å². The van der Waals surface area contributed by atoms with Crippen molar-refractivity contribution in [2.45, 2.75) is 44.9 Å². The van der Waals surface area contributed by atoms with Crippen LogP contribution in [-0.4, -0.2) is 61.4 Å². The van der Waals surface area contributed by atoms with Crippen LogP contribution in [0.3, 0.4) is 0 Å². The van der Waals surface area contributed by atoms with Crippen LogP contribution in [0, 0.1) is 18.3 Å². The minimum absolute atomic E-state index is 0.0676. The molecule has 2 aromatic heterocycles. The van der Waals surface area contributed by atoms with Gasteiger partial charge in [0.15, 0.2) is 18.8 Å². The van der Waals surface area contributed by atoms with Crippen molar-refractivity contribution >= 4 is 24.4 Å². The second kappa shape index (κ2) is 6.24. The van der Waals surface area contributed by atoms with E-state index in [1.54, 1.807) is 19.9 Å². The number of nitrogens with zero attached hydrogens (tertiary/aromatic N) is 4. The molecule has 0 aliphatic heterocycles. The number of aromatic nitrogens is 4. The SMILES string of the molecule is CCOP(C)(=O)CC[C@@]12C[C@@H]1[C@@H](n1cnc3c(N)nc(C)nc31)[C@H](O)[C@@H]2O. The summed E-state index contributed by atoms with van der Waals surface area (Å²) in [5.74, 6) is 0.897. The number of fused-ring (bicyclic) bond motifs is 2. The zero-order chi connectivity index (χ0) is 19.6. The van der Waals surface area contributed by atoms with Crippen LogP contribution in [-0.2, 0) is 9.09 Å². The van der Waals surface area contributed by atoms with Gasteiger partial charge in [-0.1, -0.05) is 0 Å². The summed E-state index contributed by atoms with van der Waals surface area (Å²) in [4.78, 5) is 12.9. The van der Waals surface area contributed by atoms with Crippen LogP contribution in [0.25, 0.3) is 11.2 Å². The molecule has 0 aromatic carbocycles. The van der Waals surface area contributed by atoms with E-state index >= 15 is 0 Å². The van der Waals surface area contributed by atoms with Crippen molar-refractivity contribution in [3.8, 4) is 0 Å². The lowest BCUT2D eigenvalue weighted by molar-refractivity contribution is -0.0182. The molecule has 27 heavy (non-hydrogen) atoms. The molecule has 2 heterocycles. The smallest absolute Gasteiger partial charge is 0.200 e. The molecule has 4 rings (SSSR count). The van der Waals surface area contributed by atoms with Gasteiger partial charge in [-0.3, -0.25) is 4.57 Å². The molecule has 2 aliphatic carbocycles. The molecular formula is C17H26N5O4P. The van der Waals surface area contributed by atoms with Gasteiger partial charge in [0, 0.05) is 18.2 Å². The molecule has 4 N–H and O–H groups in total. The Hall–Kier alpha value is -1.54. The third kappa shape index (κ3) is 2.88. The lowest BCUT2D eigenvalue weighted by Gasteiger charge is -2.25. The second-order valence-corrected chi connectivity index (χ2v) is 10.6. The van der Waals surface area contributed by atoms with Gasteiger partial charge in [-0.05, 0) is 32.6 Å². The Kier molecular flexibility index (Phi) is 4.34. The van der Waals surface area contributed by atoms with Crippen molar-refractivity contribution in [2.75, 3.05) is 25.2 Å². The molecule has 9 nitrogen and oxygen atoms in total. The third-order valence-corrected chi connectivity index (χ3v) is 7.96. The molecule has 0 radical (unpaired) electrons. The van der Waals surface area contributed by atoms with E-state index in [1.165, 1.54) is 0 Å². The predicted molar refractivity (Wildman–Crippen MR) is 101 cm³/mol. The topological polar surface area (TPSA) is 136 Å². The summed E-state index contributed by atoms with van der Waals surface area (Å²) < 4.78 is 19.6. The molecule has 2 aromatic rings. The summed E-state index contributed by atoms with van der Waals surface area (Å²) in [5.41, 5.74) is 6.57. The van der Waals surface area contributed by atoms with E-state index in [2.05, 4.69) is 15.0 Å². The van der Waals surface area contributed by atoms with Gasteiger partial charge in [0.2, 0.25) is 0 Å². The maximum absolute atomic E-state index is 12.5. The zero-order valence-corrected chi connectivity index (χ0v) is 16.6. The van der Waals surface area contributed by atoms with Gasteiger partial charge < -0.3 is 25.0 Å². The highest BCUT2D eigenvalue weighted by Gasteiger charge is 2.71. The van der Waals surface area contributed by atoms with Crippen molar-refractivity contribution in [1.29, 1.82) is 0 Å². The van der Waals surface area contributed by atoms with Gasteiger partial charge in [0.1, 0.15) is 17.4 Å². The minimum Gasteiger partial charge on any atom is -0.390 e. The number of hydrogen-bond acceptors (Lipinski definition) is 8. The van der Waals surface area contributed by atoms with E-state index in [4.69, 9.17) is 10.3 Å². The van der Waals surface area contributed by atoms with Crippen LogP contribution in [0.5, 0.6) is 0 Å². The van der Waals surface area contributed by atoms with E-state index in [0.29, 0.717) is 42.0 Å². The van der Waals surface area contributed by atoms with Crippen molar-refractivity contribution in [3.05, 3.63) is 12.2 Å². The fourth-order valence-electron chi connectivity index (χ4n) is 4.73. The van der Waals surface area contributed by atoms with Gasteiger partial charge in [-0.2, -0.15) is 0 Å². The van der Waals surface area contributed by atoms with Gasteiger partial charge in [0.05, 0.1) is 25.1 Å². The van der Waals surface area contributed by atoms with Crippen molar-refractivity contribution in [3.63, 3.8) is 0 Å². The van der Waals surface area contributed by atoms with Crippen molar-refractivity contribution < 1.29 is 19.3 Å². The first-order valence-corrected chi connectivity index (χ1v) is 11.5. The first kappa shape index (κ1) is 18.8. The number of nitrogen functional groups attached to an aromatic ring is 1. The molecule has 6 atom stereocenters. The van der Waals surface area contributed by atoms with Crippen LogP contribution in [0.2, 0.25) is 0 Å². The summed E-state index contributed by atoms with van der Waals surface area (Å²) in [5, 5.41) is 21.5. The number of aliphatic hydroxyl groups is 2. The number of anilines is 1. The highest BCUT2D eigenvalue weighted by Crippen LogP contribution is 2.70. The third-order valence-electron chi connectivity index (χ3n) is 6.12. The van der Waals surface area contributed by atoms with Gasteiger partial charge in [-0.25, -0.2) is 15.0 Å². The molecule has 148 valence electrons. The Morgan fingerprint density at radius 3 is 2.89 bits per heavy atom. The van der Waals surface area contributed by atoms with Crippen LogP contribution in [0.4, 0.5) is 5.82 Å². The quantitative estimate of drug-likeness (QED) is 0.623. The maximum atomic E-state index is 12.5. The average molecular weight is 395 g/mol. The zero-order valence-electron chi connectivity index (χ0n) is 15.7.